The number of carbonyl (C=O) groups is 1. The van der Waals surface area contributed by atoms with E-state index in [-0.39, 0.29) is 5.25 Å². The van der Waals surface area contributed by atoms with E-state index in [1.807, 2.05) is 44.2 Å². The first-order valence-electron chi connectivity index (χ1n) is 6.75. The van der Waals surface area contributed by atoms with E-state index in [1.165, 1.54) is 16.1 Å². The largest absolute Gasteiger partial charge is 0.356 e. The highest BCUT2D eigenvalue weighted by Gasteiger charge is 2.33. The van der Waals surface area contributed by atoms with Gasteiger partial charge in [0.1, 0.15) is 0 Å². The summed E-state index contributed by atoms with van der Waals surface area (Å²) in [5.41, 5.74) is 0.935. The van der Waals surface area contributed by atoms with Crippen LogP contribution in [0.1, 0.15) is 32.8 Å². The standard InChI is InChI=1S/C14H22NO3PS/c1-4-13(3)20-19(17,18-5-2)15(12-16)11-14-9-7-6-8-10-14/h6-10,12-13H,4-5,11H2,1-3H3. The molecule has 0 spiro atoms. The molecule has 2 unspecified atom stereocenters. The number of amides is 1. The Kier molecular flexibility index (Phi) is 7.35. The molecule has 0 radical (unpaired) electrons. The van der Waals surface area contributed by atoms with Gasteiger partial charge in [0.25, 0.3) is 0 Å². The molecule has 4 nitrogen and oxygen atoms in total. The lowest BCUT2D eigenvalue weighted by atomic mass is 10.2. The van der Waals surface area contributed by atoms with Gasteiger partial charge < -0.3 is 4.52 Å². The highest BCUT2D eigenvalue weighted by molar-refractivity contribution is 8.56. The third kappa shape index (κ3) is 4.97. The van der Waals surface area contributed by atoms with Crippen molar-refractivity contribution in [3.05, 3.63) is 35.9 Å². The molecule has 0 saturated heterocycles. The lowest BCUT2D eigenvalue weighted by Gasteiger charge is -2.28. The quantitative estimate of drug-likeness (QED) is 0.503. The Hall–Kier alpha value is -0.770. The van der Waals surface area contributed by atoms with Crippen LogP contribution in [0.5, 0.6) is 0 Å². The molecular weight excluding hydrogens is 293 g/mol. The van der Waals surface area contributed by atoms with E-state index in [2.05, 4.69) is 0 Å². The maximum absolute atomic E-state index is 13.0. The molecular formula is C14H22NO3PS. The molecule has 0 aromatic heterocycles. The van der Waals surface area contributed by atoms with Crippen molar-refractivity contribution in [3.63, 3.8) is 0 Å². The van der Waals surface area contributed by atoms with Crippen LogP contribution in [-0.2, 0) is 20.4 Å². The lowest BCUT2D eigenvalue weighted by molar-refractivity contribution is -0.114. The third-order valence-corrected chi connectivity index (χ3v) is 8.04. The number of hydrogen-bond donors (Lipinski definition) is 0. The second-order valence-corrected chi connectivity index (χ2v) is 9.14. The Morgan fingerprint density at radius 1 is 1.35 bits per heavy atom. The SMILES string of the molecule is CCOP(=O)(SC(C)CC)N(C=O)Cc1ccccc1. The van der Waals surface area contributed by atoms with E-state index in [9.17, 15) is 9.36 Å². The molecule has 6 heteroatoms. The molecule has 0 bridgehead atoms. The van der Waals surface area contributed by atoms with Crippen LogP contribution in [0.25, 0.3) is 0 Å². The summed E-state index contributed by atoms with van der Waals surface area (Å²) in [6, 6.07) is 9.50. The fourth-order valence-corrected chi connectivity index (χ4v) is 6.26. The Labute approximate surface area is 125 Å². The van der Waals surface area contributed by atoms with Gasteiger partial charge in [-0.05, 0) is 30.3 Å². The molecule has 0 N–H and O–H groups in total. The number of carbonyl (C=O) groups excluding carboxylic acids is 1. The van der Waals surface area contributed by atoms with Gasteiger partial charge in [0, 0.05) is 5.25 Å². The van der Waals surface area contributed by atoms with Crippen molar-refractivity contribution < 1.29 is 13.9 Å². The molecule has 2 atom stereocenters. The van der Waals surface area contributed by atoms with Gasteiger partial charge in [-0.3, -0.25) is 14.0 Å². The first-order valence-corrected chi connectivity index (χ1v) is 9.81. The fraction of sp³-hybridized carbons (Fsp3) is 0.500. The predicted octanol–water partition coefficient (Wildman–Crippen LogP) is 4.32. The molecule has 20 heavy (non-hydrogen) atoms. The molecule has 1 aromatic rings. The summed E-state index contributed by atoms with van der Waals surface area (Å²) in [5.74, 6) is 0. The lowest BCUT2D eigenvalue weighted by Crippen LogP contribution is -2.19. The van der Waals surface area contributed by atoms with Crippen molar-refractivity contribution in [1.82, 2.24) is 4.67 Å². The summed E-state index contributed by atoms with van der Waals surface area (Å²) >= 11 is 1.25. The van der Waals surface area contributed by atoms with Crippen molar-refractivity contribution in [2.24, 2.45) is 0 Å². The minimum atomic E-state index is -3.19. The molecule has 112 valence electrons. The van der Waals surface area contributed by atoms with Crippen LogP contribution < -0.4 is 0 Å². The van der Waals surface area contributed by atoms with Crippen LogP contribution in [0.3, 0.4) is 0 Å². The Morgan fingerprint density at radius 2 is 2.00 bits per heavy atom. The monoisotopic (exact) mass is 315 g/mol. The molecule has 0 aliphatic rings. The van der Waals surface area contributed by atoms with Gasteiger partial charge in [0.05, 0.1) is 13.2 Å². The minimum Gasteiger partial charge on any atom is -0.306 e. The Bertz CT molecular complexity index is 455. The van der Waals surface area contributed by atoms with E-state index in [4.69, 9.17) is 4.52 Å². The Balaban J connectivity index is 2.91. The van der Waals surface area contributed by atoms with Gasteiger partial charge in [-0.15, -0.1) is 0 Å². The van der Waals surface area contributed by atoms with E-state index in [1.54, 1.807) is 6.92 Å². The van der Waals surface area contributed by atoms with E-state index >= 15 is 0 Å². The van der Waals surface area contributed by atoms with Crippen molar-refractivity contribution >= 4 is 24.5 Å². The zero-order chi connectivity index (χ0) is 15.0. The van der Waals surface area contributed by atoms with Crippen LogP contribution in [0, 0.1) is 0 Å². The van der Waals surface area contributed by atoms with Crippen LogP contribution >= 0.6 is 18.1 Å². The van der Waals surface area contributed by atoms with Gasteiger partial charge in [-0.1, -0.05) is 44.2 Å². The van der Waals surface area contributed by atoms with Crippen molar-refractivity contribution in [2.75, 3.05) is 6.61 Å². The first-order chi connectivity index (χ1) is 9.55. The topological polar surface area (TPSA) is 46.6 Å². The van der Waals surface area contributed by atoms with Gasteiger partial charge in [0.15, 0.2) is 0 Å². The van der Waals surface area contributed by atoms with Crippen LogP contribution in [0.4, 0.5) is 0 Å². The minimum absolute atomic E-state index is 0.172. The average Bonchev–Trinajstić information content (AvgIpc) is 2.45. The first kappa shape index (κ1) is 17.3. The zero-order valence-electron chi connectivity index (χ0n) is 12.2. The van der Waals surface area contributed by atoms with Crippen molar-refractivity contribution in [1.29, 1.82) is 0 Å². The fourth-order valence-electron chi connectivity index (χ4n) is 1.58. The second kappa shape index (κ2) is 8.50. The van der Waals surface area contributed by atoms with Crippen LogP contribution in [-0.4, -0.2) is 22.9 Å². The highest BCUT2D eigenvalue weighted by atomic mass is 32.7. The zero-order valence-corrected chi connectivity index (χ0v) is 13.9. The average molecular weight is 315 g/mol. The molecule has 0 aliphatic carbocycles. The van der Waals surface area contributed by atoms with E-state index in [0.717, 1.165) is 12.0 Å². The van der Waals surface area contributed by atoms with E-state index < -0.39 is 6.72 Å². The summed E-state index contributed by atoms with van der Waals surface area (Å²) in [6.07, 6.45) is 1.50. The molecule has 0 saturated carbocycles. The molecule has 0 aliphatic heterocycles. The smallest absolute Gasteiger partial charge is 0.306 e. The van der Waals surface area contributed by atoms with Gasteiger partial charge in [-0.25, -0.2) is 0 Å². The Morgan fingerprint density at radius 3 is 2.50 bits per heavy atom. The van der Waals surface area contributed by atoms with Gasteiger partial charge in [0.2, 0.25) is 6.41 Å². The highest BCUT2D eigenvalue weighted by Crippen LogP contribution is 2.64. The van der Waals surface area contributed by atoms with Crippen LogP contribution in [0.2, 0.25) is 0 Å². The predicted molar refractivity (Wildman–Crippen MR) is 84.6 cm³/mol. The van der Waals surface area contributed by atoms with Gasteiger partial charge in [-0.2, -0.15) is 0 Å². The second-order valence-electron chi connectivity index (χ2n) is 4.40. The maximum Gasteiger partial charge on any atom is 0.356 e. The van der Waals surface area contributed by atoms with Crippen molar-refractivity contribution in [2.45, 2.75) is 39.0 Å². The number of rotatable bonds is 9. The molecule has 0 fully saturated rings. The summed E-state index contributed by atoms with van der Waals surface area (Å²) in [5, 5.41) is 0.172. The van der Waals surface area contributed by atoms with Crippen LogP contribution in [0.15, 0.2) is 30.3 Å². The maximum atomic E-state index is 13.0. The normalized spacial score (nSPS) is 15.3. The number of nitrogens with zero attached hydrogens (tertiary/aromatic N) is 1. The summed E-state index contributed by atoms with van der Waals surface area (Å²) < 4.78 is 19.7. The van der Waals surface area contributed by atoms with E-state index in [0.29, 0.717) is 19.6 Å². The molecule has 1 amide bonds. The molecule has 1 rings (SSSR count). The number of hydrogen-bond acceptors (Lipinski definition) is 4. The molecule has 0 heterocycles. The summed E-state index contributed by atoms with van der Waals surface area (Å²) in [4.78, 5) is 11.4. The van der Waals surface area contributed by atoms with Crippen molar-refractivity contribution in [3.8, 4) is 0 Å². The third-order valence-electron chi connectivity index (χ3n) is 2.80. The molecule has 1 aromatic carbocycles. The van der Waals surface area contributed by atoms with Gasteiger partial charge >= 0.3 is 6.72 Å². The summed E-state index contributed by atoms with van der Waals surface area (Å²) in [7, 11) is 0. The summed E-state index contributed by atoms with van der Waals surface area (Å²) in [6.45, 7) is 3.23. The number of benzene rings is 1.